The summed E-state index contributed by atoms with van der Waals surface area (Å²) in [6, 6.07) is 10.9. The molecule has 0 unspecified atom stereocenters. The maximum atomic E-state index is 13.5. The van der Waals surface area contributed by atoms with Gasteiger partial charge in [0.25, 0.3) is 12.3 Å². The molecule has 3 rings (SSSR count). The Morgan fingerprint density at radius 2 is 2.00 bits per heavy atom. The van der Waals surface area contributed by atoms with E-state index in [4.69, 9.17) is 5.26 Å². The number of benzene rings is 2. The maximum Gasteiger partial charge on any atom is 0.266 e. The quantitative estimate of drug-likeness (QED) is 0.148. The van der Waals surface area contributed by atoms with Gasteiger partial charge >= 0.3 is 0 Å². The molecule has 0 saturated heterocycles. The molecule has 2 aromatic carbocycles. The molecule has 13 heteroatoms. The van der Waals surface area contributed by atoms with E-state index in [0.717, 1.165) is 30.0 Å². The van der Waals surface area contributed by atoms with Crippen LogP contribution < -0.4 is 10.8 Å². The van der Waals surface area contributed by atoms with Crippen molar-refractivity contribution in [1.29, 1.82) is 5.26 Å². The Kier molecular flexibility index (Phi) is 8.01. The van der Waals surface area contributed by atoms with E-state index in [2.05, 4.69) is 25.3 Å². The van der Waals surface area contributed by atoms with Gasteiger partial charge in [0.1, 0.15) is 5.82 Å². The zero-order valence-corrected chi connectivity index (χ0v) is 17.4. The summed E-state index contributed by atoms with van der Waals surface area (Å²) in [5.74, 6) is -1.32. The predicted octanol–water partition coefficient (Wildman–Crippen LogP) is 3.60. The molecule has 0 saturated carbocycles. The molecule has 0 fully saturated rings. The van der Waals surface area contributed by atoms with E-state index < -0.39 is 17.8 Å². The van der Waals surface area contributed by atoms with Crippen LogP contribution in [0.4, 0.5) is 18.9 Å². The smallest absolute Gasteiger partial charge is 0.266 e. The molecule has 0 atom stereocenters. The van der Waals surface area contributed by atoms with Crippen LogP contribution in [0.1, 0.15) is 33.6 Å². The van der Waals surface area contributed by atoms with E-state index in [9.17, 15) is 23.2 Å². The molecule has 0 aliphatic carbocycles. The number of amidine groups is 1. The van der Waals surface area contributed by atoms with Gasteiger partial charge in [0.2, 0.25) is 0 Å². The van der Waals surface area contributed by atoms with Gasteiger partial charge in [-0.3, -0.25) is 15.5 Å². The fourth-order valence-electron chi connectivity index (χ4n) is 2.56. The standard InChI is InChI=1S/C20H15F3N6O3S/c21-15-6-5-13(9-14(15)17(22)23)26-18(27-31)16-20(29-32-28-16)33-8-7-25-19(30)12-3-1-11(10-24)2-4-12/h1-6,9,17,31H,7-8H2,(H,25,30)(H,26,27). The van der Waals surface area contributed by atoms with Crippen molar-refractivity contribution >= 4 is 29.2 Å². The van der Waals surface area contributed by atoms with Gasteiger partial charge in [0, 0.05) is 17.9 Å². The number of nitriles is 1. The van der Waals surface area contributed by atoms with Crippen LogP contribution in [0.15, 0.2) is 57.1 Å². The second kappa shape index (κ2) is 11.1. The van der Waals surface area contributed by atoms with Crippen LogP contribution in [-0.2, 0) is 0 Å². The third kappa shape index (κ3) is 6.09. The summed E-state index contributed by atoms with van der Waals surface area (Å²) < 4.78 is 43.9. The molecule has 0 bridgehead atoms. The van der Waals surface area contributed by atoms with Gasteiger partial charge in [-0.1, -0.05) is 11.8 Å². The van der Waals surface area contributed by atoms with Gasteiger partial charge < -0.3 is 5.32 Å². The monoisotopic (exact) mass is 476 g/mol. The number of carbonyl (C=O) groups excluding carboxylic acids is 1. The SMILES string of the molecule is N#Cc1ccc(C(=O)NCCSc2nonc2C(=Nc2ccc(F)c(C(F)F)c2)NO)cc1. The van der Waals surface area contributed by atoms with Gasteiger partial charge in [-0.2, -0.15) is 5.26 Å². The van der Waals surface area contributed by atoms with Gasteiger partial charge in [-0.15, -0.1) is 0 Å². The zero-order chi connectivity index (χ0) is 23.8. The molecule has 9 nitrogen and oxygen atoms in total. The number of hydrogen-bond acceptors (Lipinski definition) is 8. The molecular weight excluding hydrogens is 461 g/mol. The fraction of sp³-hybridized carbons (Fsp3) is 0.150. The van der Waals surface area contributed by atoms with Crippen molar-refractivity contribution in [2.45, 2.75) is 11.5 Å². The lowest BCUT2D eigenvalue weighted by atomic mass is 10.1. The number of nitrogens with one attached hydrogen (secondary N) is 2. The third-order valence-electron chi connectivity index (χ3n) is 4.15. The maximum absolute atomic E-state index is 13.5. The minimum atomic E-state index is -3.04. The first-order chi connectivity index (χ1) is 15.9. The van der Waals surface area contributed by atoms with Crippen LogP contribution >= 0.6 is 11.8 Å². The number of aromatic nitrogens is 2. The average molecular weight is 476 g/mol. The van der Waals surface area contributed by atoms with Crippen LogP contribution in [0.25, 0.3) is 0 Å². The first-order valence-electron chi connectivity index (χ1n) is 9.23. The molecule has 0 spiro atoms. The number of alkyl halides is 2. The Hall–Kier alpha value is -3.89. The molecule has 3 N–H and O–H groups in total. The molecule has 0 aliphatic rings. The van der Waals surface area contributed by atoms with Crippen LogP contribution in [-0.4, -0.2) is 39.6 Å². The molecular formula is C20H15F3N6O3S. The highest BCUT2D eigenvalue weighted by Crippen LogP contribution is 2.27. The molecule has 3 aromatic rings. The van der Waals surface area contributed by atoms with Gasteiger partial charge in [0.15, 0.2) is 16.6 Å². The van der Waals surface area contributed by atoms with Crippen molar-refractivity contribution in [1.82, 2.24) is 21.1 Å². The molecule has 0 radical (unpaired) electrons. The number of amides is 1. The van der Waals surface area contributed by atoms with Crippen LogP contribution in [0.3, 0.4) is 0 Å². The zero-order valence-electron chi connectivity index (χ0n) is 16.6. The lowest BCUT2D eigenvalue weighted by Crippen LogP contribution is -2.26. The molecule has 1 heterocycles. The van der Waals surface area contributed by atoms with E-state index in [1.54, 1.807) is 5.48 Å². The minimum Gasteiger partial charge on any atom is -0.351 e. The predicted molar refractivity (Wildman–Crippen MR) is 111 cm³/mol. The van der Waals surface area contributed by atoms with E-state index in [0.29, 0.717) is 16.9 Å². The van der Waals surface area contributed by atoms with E-state index in [1.165, 1.54) is 24.3 Å². The molecule has 1 amide bonds. The van der Waals surface area contributed by atoms with Crippen LogP contribution in [0.5, 0.6) is 0 Å². The summed E-state index contributed by atoms with van der Waals surface area (Å²) >= 11 is 1.12. The summed E-state index contributed by atoms with van der Waals surface area (Å²) in [7, 11) is 0. The molecule has 33 heavy (non-hydrogen) atoms. The highest BCUT2D eigenvalue weighted by molar-refractivity contribution is 7.99. The number of halogens is 3. The van der Waals surface area contributed by atoms with E-state index in [-0.39, 0.29) is 34.7 Å². The van der Waals surface area contributed by atoms with Crippen molar-refractivity contribution < 1.29 is 27.8 Å². The number of nitrogens with zero attached hydrogens (tertiary/aromatic N) is 4. The Balaban J connectivity index is 1.63. The van der Waals surface area contributed by atoms with E-state index in [1.807, 2.05) is 6.07 Å². The van der Waals surface area contributed by atoms with Gasteiger partial charge in [-0.25, -0.2) is 22.8 Å². The Morgan fingerprint density at radius 3 is 2.67 bits per heavy atom. The molecule has 1 aromatic heterocycles. The van der Waals surface area contributed by atoms with Crippen molar-refractivity contribution in [3.05, 3.63) is 70.7 Å². The highest BCUT2D eigenvalue weighted by Gasteiger charge is 2.19. The first-order valence-corrected chi connectivity index (χ1v) is 10.2. The number of thioether (sulfide) groups is 1. The largest absolute Gasteiger partial charge is 0.351 e. The first kappa shape index (κ1) is 23.8. The normalized spacial score (nSPS) is 11.3. The summed E-state index contributed by atoms with van der Waals surface area (Å²) in [4.78, 5) is 16.1. The Bertz CT molecular complexity index is 1190. The number of aliphatic imine (C=N–C) groups is 1. The summed E-state index contributed by atoms with van der Waals surface area (Å²) in [5.41, 5.74) is 1.73. The summed E-state index contributed by atoms with van der Waals surface area (Å²) in [6.45, 7) is 0.241. The molecule has 0 aliphatic heterocycles. The van der Waals surface area contributed by atoms with Crippen molar-refractivity contribution in [3.63, 3.8) is 0 Å². The topological polar surface area (TPSA) is 136 Å². The average Bonchev–Trinajstić information content (AvgIpc) is 3.29. The summed E-state index contributed by atoms with van der Waals surface area (Å²) in [6.07, 6.45) is -3.04. The van der Waals surface area contributed by atoms with Crippen LogP contribution in [0.2, 0.25) is 0 Å². The summed E-state index contributed by atoms with van der Waals surface area (Å²) in [5, 5.41) is 28.5. The van der Waals surface area contributed by atoms with Crippen LogP contribution in [0, 0.1) is 17.1 Å². The highest BCUT2D eigenvalue weighted by atomic mass is 32.2. The van der Waals surface area contributed by atoms with Gasteiger partial charge in [0.05, 0.1) is 22.9 Å². The molecule has 170 valence electrons. The fourth-order valence-corrected chi connectivity index (χ4v) is 3.31. The van der Waals surface area contributed by atoms with Crippen molar-refractivity contribution in [2.24, 2.45) is 4.99 Å². The number of hydroxylamine groups is 1. The number of carbonyl (C=O) groups is 1. The lowest BCUT2D eigenvalue weighted by molar-refractivity contribution is 0.0956. The minimum absolute atomic E-state index is 0.0103. The lowest BCUT2D eigenvalue weighted by Gasteiger charge is -2.06. The number of hydrogen-bond donors (Lipinski definition) is 3. The van der Waals surface area contributed by atoms with E-state index >= 15 is 0 Å². The van der Waals surface area contributed by atoms with Crippen molar-refractivity contribution in [2.75, 3.05) is 12.3 Å². The second-order valence-corrected chi connectivity index (χ2v) is 7.37. The third-order valence-corrected chi connectivity index (χ3v) is 5.10. The van der Waals surface area contributed by atoms with Gasteiger partial charge in [-0.05, 0) is 52.8 Å². The van der Waals surface area contributed by atoms with Crippen molar-refractivity contribution in [3.8, 4) is 6.07 Å². The number of rotatable bonds is 8. The Labute approximate surface area is 189 Å². The second-order valence-electron chi connectivity index (χ2n) is 6.29. The Morgan fingerprint density at radius 1 is 1.24 bits per heavy atom.